The number of piperidine rings is 2. The van der Waals surface area contributed by atoms with Crippen molar-refractivity contribution in [1.29, 1.82) is 0 Å². The van der Waals surface area contributed by atoms with Gasteiger partial charge in [-0.2, -0.15) is 5.10 Å². The molecule has 2 amide bonds. The summed E-state index contributed by atoms with van der Waals surface area (Å²) in [4.78, 5) is 31.2. The first-order chi connectivity index (χ1) is 30.9. The molecule has 0 spiro atoms. The number of aryl methyl sites for hydroxylation is 1. The summed E-state index contributed by atoms with van der Waals surface area (Å²) in [7, 11) is 3.22. The van der Waals surface area contributed by atoms with Gasteiger partial charge in [0.25, 0.3) is 0 Å². The molecule has 5 N–H and O–H groups in total. The Kier molecular flexibility index (Phi) is 12.2. The van der Waals surface area contributed by atoms with Crippen molar-refractivity contribution in [2.45, 2.75) is 69.4 Å². The van der Waals surface area contributed by atoms with Crippen LogP contribution in [0.2, 0.25) is 5.02 Å². The molecule has 13 nitrogen and oxygen atoms in total. The highest BCUT2D eigenvalue weighted by Crippen LogP contribution is 2.56. The Morgan fingerprint density at radius 2 is 1.78 bits per heavy atom. The molecule has 64 heavy (non-hydrogen) atoms. The van der Waals surface area contributed by atoms with Crippen LogP contribution in [0.15, 0.2) is 66.7 Å². The minimum Gasteiger partial charge on any atom is -0.494 e. The zero-order valence-electron chi connectivity index (χ0n) is 36.4. The highest BCUT2D eigenvalue weighted by Gasteiger charge is 2.50. The Morgan fingerprint density at radius 3 is 2.48 bits per heavy atom. The van der Waals surface area contributed by atoms with Gasteiger partial charge in [0, 0.05) is 85.4 Å². The first-order valence-electron chi connectivity index (χ1n) is 22.2. The highest BCUT2D eigenvalue weighted by molar-refractivity contribution is 6.34. The summed E-state index contributed by atoms with van der Waals surface area (Å²) in [5, 5.41) is 22.2. The summed E-state index contributed by atoms with van der Waals surface area (Å²) in [5.41, 5.74) is 7.91. The zero-order valence-corrected chi connectivity index (χ0v) is 37.1. The van der Waals surface area contributed by atoms with E-state index in [0.717, 1.165) is 87.0 Å². The Labute approximate surface area is 376 Å². The predicted molar refractivity (Wildman–Crippen MR) is 243 cm³/mol. The van der Waals surface area contributed by atoms with Crippen molar-refractivity contribution < 1.29 is 33.0 Å². The molecule has 3 atom stereocenters. The second kappa shape index (κ2) is 17.8. The van der Waals surface area contributed by atoms with Gasteiger partial charge in [0.1, 0.15) is 11.6 Å². The largest absolute Gasteiger partial charge is 0.494 e. The number of hydrogen-bond donors (Lipinski definition) is 4. The number of fused-ring (bicyclic) bond motifs is 2. The lowest BCUT2D eigenvalue weighted by atomic mass is 9.77. The van der Waals surface area contributed by atoms with Gasteiger partial charge in [0.2, 0.25) is 18.2 Å². The van der Waals surface area contributed by atoms with E-state index in [-0.39, 0.29) is 45.2 Å². The van der Waals surface area contributed by atoms with Crippen LogP contribution in [0.3, 0.4) is 0 Å². The normalized spacial score (nSPS) is 22.1. The number of aromatic nitrogens is 2. The molecule has 0 radical (unpaired) electrons. The molecule has 0 bridgehead atoms. The van der Waals surface area contributed by atoms with Crippen LogP contribution in [-0.2, 0) is 17.4 Å². The molecule has 3 unspecified atom stereocenters. The van der Waals surface area contributed by atoms with Crippen LogP contribution in [0.4, 0.5) is 20.3 Å². The standard InChI is InChI=1S/C48H55ClF2N8O5/c1-28-40-38(26-35(50)43(49)42(40)41-34(45(52)61)11-12-37(63-3)44(41)51)64-48(28,30-7-5-4-6-8-30)27-53-31-16-20-57(21-17-31)19-13-29-14-22-58(23-15-29)32-9-10-33-36(25-32)56(2)55-46(33)59-24-18-39(60)54-47(59)62/h4-12,25-26,28-29,31,47,53,62H,13-24,27H2,1-3H3,(H2,52,61)(H,54,60). The number of ether oxygens (including phenoxy) is 2. The number of nitrogens with one attached hydrogen (secondary N) is 2. The maximum Gasteiger partial charge on any atom is 0.249 e. The zero-order chi connectivity index (χ0) is 44.9. The van der Waals surface area contributed by atoms with Crippen molar-refractivity contribution in [3.63, 3.8) is 0 Å². The molecule has 4 aromatic carbocycles. The Morgan fingerprint density at radius 1 is 1.03 bits per heavy atom. The van der Waals surface area contributed by atoms with Crippen molar-refractivity contribution >= 4 is 45.8 Å². The Bertz CT molecular complexity index is 2560. The van der Waals surface area contributed by atoms with E-state index in [1.54, 1.807) is 4.90 Å². The van der Waals surface area contributed by atoms with Gasteiger partial charge < -0.3 is 45.6 Å². The number of anilines is 2. The van der Waals surface area contributed by atoms with Gasteiger partial charge in [-0.1, -0.05) is 48.9 Å². The first kappa shape index (κ1) is 43.8. The number of carbonyl (C=O) groups excluding carboxylic acids is 2. The molecule has 3 fully saturated rings. The van der Waals surface area contributed by atoms with Crippen molar-refractivity contribution in [2.24, 2.45) is 18.7 Å². The first-order valence-corrected chi connectivity index (χ1v) is 22.6. The van der Waals surface area contributed by atoms with Gasteiger partial charge in [0.05, 0.1) is 23.2 Å². The minimum atomic E-state index is -1.10. The lowest BCUT2D eigenvalue weighted by Crippen LogP contribution is -2.54. The quantitative estimate of drug-likeness (QED) is 0.108. The number of aliphatic hydroxyl groups is 1. The lowest BCUT2D eigenvalue weighted by Gasteiger charge is -2.39. The fourth-order valence-electron chi connectivity index (χ4n) is 10.4. The van der Waals surface area contributed by atoms with E-state index in [1.807, 2.05) is 49.0 Å². The molecule has 3 saturated heterocycles. The van der Waals surface area contributed by atoms with Gasteiger partial charge in [0.15, 0.2) is 23.0 Å². The third-order valence-electron chi connectivity index (χ3n) is 14.1. The van der Waals surface area contributed by atoms with Gasteiger partial charge in [-0.05, 0) is 93.6 Å². The SMILES string of the molecule is COc1ccc(C(N)=O)c(-c2c(Cl)c(F)cc3c2C(C)C(CNC2CCN(CCC4CCN(c5ccc6c(N7CCC(=O)NC7O)nn(C)c6c5)CC4)CC2)(c2ccccc2)O3)c1F. The lowest BCUT2D eigenvalue weighted by molar-refractivity contribution is -0.125. The van der Waals surface area contributed by atoms with Crippen molar-refractivity contribution in [1.82, 2.24) is 25.3 Å². The van der Waals surface area contributed by atoms with Crippen LogP contribution in [0, 0.1) is 17.6 Å². The number of rotatable bonds is 12. The average Bonchev–Trinajstić information content (AvgIpc) is 3.78. The van der Waals surface area contributed by atoms with Gasteiger partial charge in [-0.15, -0.1) is 0 Å². The smallest absolute Gasteiger partial charge is 0.249 e. The van der Waals surface area contributed by atoms with Crippen LogP contribution in [0.5, 0.6) is 11.5 Å². The second-order valence-electron chi connectivity index (χ2n) is 17.7. The second-order valence-corrected chi connectivity index (χ2v) is 18.0. The minimum absolute atomic E-state index is 0.0283. The van der Waals surface area contributed by atoms with E-state index in [1.165, 1.54) is 25.3 Å². The van der Waals surface area contributed by atoms with E-state index < -0.39 is 35.4 Å². The van der Waals surface area contributed by atoms with E-state index in [9.17, 15) is 14.7 Å². The number of methoxy groups -OCH3 is 1. The molecule has 4 aliphatic heterocycles. The number of likely N-dealkylation sites (tertiary alicyclic amines) is 1. The molecule has 4 aliphatic rings. The van der Waals surface area contributed by atoms with Crippen LogP contribution >= 0.6 is 11.6 Å². The summed E-state index contributed by atoms with van der Waals surface area (Å²) >= 11 is 6.70. The predicted octanol–water partition coefficient (Wildman–Crippen LogP) is 6.63. The highest BCUT2D eigenvalue weighted by atomic mass is 35.5. The molecule has 5 heterocycles. The Balaban J connectivity index is 0.822. The molecule has 9 rings (SSSR count). The van der Waals surface area contributed by atoms with Gasteiger partial charge in [-0.25, -0.2) is 8.78 Å². The van der Waals surface area contributed by atoms with Gasteiger partial charge >= 0.3 is 0 Å². The maximum atomic E-state index is 16.2. The summed E-state index contributed by atoms with van der Waals surface area (Å²) in [6.07, 6.45) is 4.52. The number of hydrogen-bond acceptors (Lipinski definition) is 10. The molecule has 16 heteroatoms. The number of nitrogens with two attached hydrogens (primary N) is 1. The van der Waals surface area contributed by atoms with Crippen LogP contribution in [0.25, 0.3) is 22.0 Å². The monoisotopic (exact) mass is 896 g/mol. The number of aliphatic hydroxyl groups excluding tert-OH is 1. The van der Waals surface area contributed by atoms with Crippen LogP contribution < -0.4 is 35.6 Å². The van der Waals surface area contributed by atoms with Crippen LogP contribution in [-0.4, -0.2) is 96.9 Å². The average molecular weight is 897 g/mol. The summed E-state index contributed by atoms with van der Waals surface area (Å²) in [6.45, 7) is 7.73. The third kappa shape index (κ3) is 8.01. The number of amides is 2. The molecule has 0 aliphatic carbocycles. The Hall–Kier alpha value is -5.48. The van der Waals surface area contributed by atoms with E-state index in [2.05, 4.69) is 38.6 Å². The van der Waals surface area contributed by atoms with Crippen LogP contribution in [0.1, 0.15) is 72.9 Å². The van der Waals surface area contributed by atoms with Gasteiger partial charge in [-0.3, -0.25) is 14.3 Å². The topological polar surface area (TPSA) is 150 Å². The molecule has 1 aromatic heterocycles. The number of carbonyl (C=O) groups is 2. The molecule has 5 aromatic rings. The number of nitrogens with zero attached hydrogens (tertiary/aromatic N) is 5. The summed E-state index contributed by atoms with van der Waals surface area (Å²) in [5.74, 6) is -1.76. The molecular weight excluding hydrogens is 842 g/mol. The van der Waals surface area contributed by atoms with Crippen molar-refractivity contribution in [3.05, 3.63) is 100 Å². The number of primary amides is 1. The fourth-order valence-corrected chi connectivity index (χ4v) is 10.6. The maximum absolute atomic E-state index is 16.2. The van der Waals surface area contributed by atoms with E-state index in [4.69, 9.17) is 31.9 Å². The van der Waals surface area contributed by atoms with E-state index >= 15 is 8.78 Å². The molecule has 338 valence electrons. The number of halogens is 3. The van der Waals surface area contributed by atoms with Crippen molar-refractivity contribution in [2.75, 3.05) is 62.7 Å². The fraction of sp³-hybridized carbons (Fsp3) is 0.438. The summed E-state index contributed by atoms with van der Waals surface area (Å²) < 4.78 is 45.9. The third-order valence-corrected chi connectivity index (χ3v) is 14.4. The van der Waals surface area contributed by atoms with Crippen molar-refractivity contribution in [3.8, 4) is 22.6 Å². The number of benzene rings is 4. The van der Waals surface area contributed by atoms with E-state index in [0.29, 0.717) is 36.8 Å². The molecule has 0 saturated carbocycles. The molecular formula is C48H55ClF2N8O5. The summed E-state index contributed by atoms with van der Waals surface area (Å²) in [6, 6.07) is 20.3.